The summed E-state index contributed by atoms with van der Waals surface area (Å²) in [5, 5.41) is 0. The van der Waals surface area contributed by atoms with E-state index in [0.717, 1.165) is 28.7 Å². The van der Waals surface area contributed by atoms with Gasteiger partial charge in [-0.05, 0) is 54.1 Å². The van der Waals surface area contributed by atoms with Gasteiger partial charge in [0.05, 0.1) is 10.5 Å². The largest absolute Gasteiger partial charge is 0.416 e. The SMILES string of the molecule is O=S(=O)(Nc1ccc(SCc2cccnc2)cc1)c1cccc(C(F)(F)F)c1. The molecule has 9 heteroatoms. The number of rotatable bonds is 6. The lowest BCUT2D eigenvalue weighted by Crippen LogP contribution is -2.14. The van der Waals surface area contributed by atoms with E-state index in [-0.39, 0.29) is 5.69 Å². The summed E-state index contributed by atoms with van der Waals surface area (Å²) in [7, 11) is -4.13. The van der Waals surface area contributed by atoms with Gasteiger partial charge in [-0.2, -0.15) is 13.2 Å². The number of hydrogen-bond acceptors (Lipinski definition) is 4. The van der Waals surface area contributed by atoms with E-state index in [1.807, 2.05) is 12.1 Å². The molecular weight excluding hydrogens is 409 g/mol. The zero-order valence-corrected chi connectivity index (χ0v) is 16.0. The molecule has 2 aromatic carbocycles. The van der Waals surface area contributed by atoms with Gasteiger partial charge >= 0.3 is 6.18 Å². The van der Waals surface area contributed by atoms with Crippen molar-refractivity contribution in [3.05, 3.63) is 84.2 Å². The van der Waals surface area contributed by atoms with Crippen LogP contribution in [0.5, 0.6) is 0 Å². The number of pyridine rings is 1. The second-order valence-corrected chi connectivity index (χ2v) is 8.54. The van der Waals surface area contributed by atoms with E-state index in [1.165, 1.54) is 0 Å². The predicted molar refractivity (Wildman–Crippen MR) is 102 cm³/mol. The van der Waals surface area contributed by atoms with Crippen molar-refractivity contribution in [1.29, 1.82) is 0 Å². The molecule has 28 heavy (non-hydrogen) atoms. The van der Waals surface area contributed by atoms with Gasteiger partial charge in [0.25, 0.3) is 10.0 Å². The number of halogens is 3. The van der Waals surface area contributed by atoms with Crippen LogP contribution >= 0.6 is 11.8 Å². The third-order valence-corrected chi connectivity index (χ3v) is 6.17. The Bertz CT molecular complexity index is 1040. The fourth-order valence-electron chi connectivity index (χ4n) is 2.32. The number of aromatic nitrogens is 1. The maximum atomic E-state index is 12.8. The second-order valence-electron chi connectivity index (χ2n) is 5.81. The van der Waals surface area contributed by atoms with E-state index >= 15 is 0 Å². The number of hydrogen-bond donors (Lipinski definition) is 1. The molecule has 1 heterocycles. The van der Waals surface area contributed by atoms with Gasteiger partial charge in [0.2, 0.25) is 0 Å². The Morgan fingerprint density at radius 1 is 1.00 bits per heavy atom. The van der Waals surface area contributed by atoms with Crippen LogP contribution in [0, 0.1) is 0 Å². The lowest BCUT2D eigenvalue weighted by molar-refractivity contribution is -0.137. The summed E-state index contributed by atoms with van der Waals surface area (Å²) in [5.74, 6) is 0.711. The minimum Gasteiger partial charge on any atom is -0.280 e. The first kappa shape index (κ1) is 20.2. The molecule has 146 valence electrons. The zero-order chi connectivity index (χ0) is 20.2. The number of alkyl halides is 3. The Labute approximate surface area is 164 Å². The third kappa shape index (κ3) is 5.26. The van der Waals surface area contributed by atoms with Gasteiger partial charge < -0.3 is 0 Å². The number of nitrogens with zero attached hydrogens (tertiary/aromatic N) is 1. The highest BCUT2D eigenvalue weighted by molar-refractivity contribution is 7.98. The van der Waals surface area contributed by atoms with E-state index in [9.17, 15) is 21.6 Å². The van der Waals surface area contributed by atoms with Crippen molar-refractivity contribution in [2.24, 2.45) is 0 Å². The standard InChI is InChI=1S/C19H15F3N2O2S2/c20-19(21,22)15-4-1-5-18(11-15)28(25,26)24-16-6-8-17(9-7-16)27-13-14-3-2-10-23-12-14/h1-12,24H,13H2. The minimum absolute atomic E-state index is 0.267. The molecule has 0 saturated carbocycles. The molecule has 0 aliphatic carbocycles. The van der Waals surface area contributed by atoms with Gasteiger partial charge in [-0.3, -0.25) is 9.71 Å². The Kier molecular flexibility index (Phi) is 5.95. The van der Waals surface area contributed by atoms with Crippen LogP contribution < -0.4 is 4.72 Å². The van der Waals surface area contributed by atoms with Crippen molar-refractivity contribution < 1.29 is 21.6 Å². The minimum atomic E-state index is -4.61. The average Bonchev–Trinajstić information content (AvgIpc) is 2.67. The number of anilines is 1. The Balaban J connectivity index is 1.69. The Hall–Kier alpha value is -2.52. The van der Waals surface area contributed by atoms with Crippen LogP contribution in [-0.4, -0.2) is 13.4 Å². The smallest absolute Gasteiger partial charge is 0.280 e. The van der Waals surface area contributed by atoms with E-state index < -0.39 is 26.7 Å². The van der Waals surface area contributed by atoms with Crippen molar-refractivity contribution in [2.75, 3.05) is 4.72 Å². The van der Waals surface area contributed by atoms with Gasteiger partial charge in [-0.1, -0.05) is 12.1 Å². The summed E-state index contributed by atoms with van der Waals surface area (Å²) in [6.07, 6.45) is -1.15. The highest BCUT2D eigenvalue weighted by Crippen LogP contribution is 2.31. The molecule has 1 aromatic heterocycles. The Morgan fingerprint density at radius 2 is 1.75 bits per heavy atom. The van der Waals surface area contributed by atoms with E-state index in [0.29, 0.717) is 11.8 Å². The molecule has 3 rings (SSSR count). The zero-order valence-electron chi connectivity index (χ0n) is 14.3. The topological polar surface area (TPSA) is 59.1 Å². The van der Waals surface area contributed by atoms with Crippen LogP contribution in [-0.2, 0) is 22.0 Å². The first-order valence-corrected chi connectivity index (χ1v) is 10.5. The molecule has 4 nitrogen and oxygen atoms in total. The highest BCUT2D eigenvalue weighted by Gasteiger charge is 2.31. The summed E-state index contributed by atoms with van der Waals surface area (Å²) in [6, 6.07) is 14.0. The molecule has 0 aliphatic rings. The molecular formula is C19H15F3N2O2S2. The predicted octanol–water partition coefficient (Wildman–Crippen LogP) is 5.19. The third-order valence-electron chi connectivity index (χ3n) is 3.71. The van der Waals surface area contributed by atoms with Gasteiger partial charge in [0.15, 0.2) is 0 Å². The molecule has 0 spiro atoms. The lowest BCUT2D eigenvalue weighted by atomic mass is 10.2. The van der Waals surface area contributed by atoms with Crippen LogP contribution in [0.3, 0.4) is 0 Å². The van der Waals surface area contributed by atoms with Crippen LogP contribution in [0.1, 0.15) is 11.1 Å². The summed E-state index contributed by atoms with van der Waals surface area (Å²) in [5.41, 5.74) is 0.308. The molecule has 0 amide bonds. The highest BCUT2D eigenvalue weighted by atomic mass is 32.2. The van der Waals surface area contributed by atoms with Crippen LogP contribution in [0.25, 0.3) is 0 Å². The number of nitrogens with one attached hydrogen (secondary N) is 1. The molecule has 0 unspecified atom stereocenters. The second kappa shape index (κ2) is 8.24. The van der Waals surface area contributed by atoms with E-state index in [2.05, 4.69) is 9.71 Å². The van der Waals surface area contributed by atoms with Crippen LogP contribution in [0.4, 0.5) is 18.9 Å². The maximum absolute atomic E-state index is 12.8. The number of benzene rings is 2. The molecule has 3 aromatic rings. The first-order chi connectivity index (χ1) is 13.2. The van der Waals surface area contributed by atoms with Crippen molar-refractivity contribution in [3.63, 3.8) is 0 Å². The first-order valence-electron chi connectivity index (χ1n) is 8.06. The van der Waals surface area contributed by atoms with Crippen LogP contribution in [0.15, 0.2) is 82.8 Å². The van der Waals surface area contributed by atoms with Crippen molar-refractivity contribution in [2.45, 2.75) is 21.7 Å². The van der Waals surface area contributed by atoms with E-state index in [1.54, 1.807) is 48.4 Å². The average molecular weight is 424 g/mol. The maximum Gasteiger partial charge on any atom is 0.416 e. The summed E-state index contributed by atoms with van der Waals surface area (Å²) >= 11 is 1.56. The summed E-state index contributed by atoms with van der Waals surface area (Å²) in [6.45, 7) is 0. The quantitative estimate of drug-likeness (QED) is 0.553. The van der Waals surface area contributed by atoms with Gasteiger partial charge in [-0.15, -0.1) is 11.8 Å². The molecule has 1 N–H and O–H groups in total. The number of sulfonamides is 1. The molecule has 0 atom stereocenters. The fourth-order valence-corrected chi connectivity index (χ4v) is 4.26. The molecule has 0 radical (unpaired) electrons. The van der Waals surface area contributed by atoms with Crippen LogP contribution in [0.2, 0.25) is 0 Å². The number of thioether (sulfide) groups is 1. The van der Waals surface area contributed by atoms with Gasteiger partial charge in [-0.25, -0.2) is 8.42 Å². The van der Waals surface area contributed by atoms with Crippen molar-refractivity contribution >= 4 is 27.5 Å². The summed E-state index contributed by atoms with van der Waals surface area (Å²) < 4.78 is 65.5. The molecule has 0 bridgehead atoms. The fraction of sp³-hybridized carbons (Fsp3) is 0.105. The van der Waals surface area contributed by atoms with Crippen molar-refractivity contribution in [1.82, 2.24) is 4.98 Å². The lowest BCUT2D eigenvalue weighted by Gasteiger charge is -2.11. The van der Waals surface area contributed by atoms with Gasteiger partial charge in [0.1, 0.15) is 0 Å². The van der Waals surface area contributed by atoms with Gasteiger partial charge in [0, 0.05) is 28.7 Å². The van der Waals surface area contributed by atoms with Crippen molar-refractivity contribution in [3.8, 4) is 0 Å². The monoisotopic (exact) mass is 424 g/mol. The summed E-state index contributed by atoms with van der Waals surface area (Å²) in [4.78, 5) is 4.52. The molecule has 0 aliphatic heterocycles. The van der Waals surface area contributed by atoms with E-state index in [4.69, 9.17) is 0 Å². The Morgan fingerprint density at radius 3 is 2.39 bits per heavy atom. The normalized spacial score (nSPS) is 12.0. The molecule has 0 fully saturated rings. The molecule has 0 saturated heterocycles.